The maximum Gasteiger partial charge on any atom is 0.255 e. The molecule has 1 amide bonds. The van der Waals surface area contributed by atoms with Crippen LogP contribution in [0.5, 0.6) is 5.75 Å². The number of fused-ring (bicyclic) bond motifs is 2. The molecule has 2 aliphatic rings. The van der Waals surface area contributed by atoms with Crippen molar-refractivity contribution in [1.29, 1.82) is 0 Å². The first kappa shape index (κ1) is 17.3. The van der Waals surface area contributed by atoms with Gasteiger partial charge in [0.05, 0.1) is 22.8 Å². The summed E-state index contributed by atoms with van der Waals surface area (Å²) in [7, 11) is 0. The van der Waals surface area contributed by atoms with Crippen molar-refractivity contribution in [1.82, 2.24) is 20.0 Å². The quantitative estimate of drug-likeness (QED) is 0.738. The van der Waals surface area contributed by atoms with Gasteiger partial charge in [-0.1, -0.05) is 18.2 Å². The SMILES string of the molecule is Cc1cccn2c(C3(NC(=O)c4cccc5c4OCCNC5)CCC3)ncc12. The fourth-order valence-corrected chi connectivity index (χ4v) is 4.26. The minimum Gasteiger partial charge on any atom is -0.491 e. The normalized spacial score (nSPS) is 17.9. The maximum absolute atomic E-state index is 13.3. The van der Waals surface area contributed by atoms with Crippen molar-refractivity contribution in [3.63, 3.8) is 0 Å². The topological polar surface area (TPSA) is 67.7 Å². The molecule has 1 aromatic carbocycles. The van der Waals surface area contributed by atoms with E-state index in [4.69, 9.17) is 9.72 Å². The lowest BCUT2D eigenvalue weighted by atomic mass is 9.75. The fourth-order valence-electron chi connectivity index (χ4n) is 4.26. The van der Waals surface area contributed by atoms with Gasteiger partial charge in [-0.15, -0.1) is 0 Å². The molecule has 0 radical (unpaired) electrons. The van der Waals surface area contributed by atoms with E-state index in [0.717, 1.165) is 42.7 Å². The predicted octanol–water partition coefficient (Wildman–Crippen LogP) is 2.93. The first-order valence-electron chi connectivity index (χ1n) is 9.89. The van der Waals surface area contributed by atoms with Crippen LogP contribution in [0.4, 0.5) is 0 Å². The van der Waals surface area contributed by atoms with Crippen molar-refractivity contribution in [3.05, 3.63) is 65.2 Å². The van der Waals surface area contributed by atoms with Crippen LogP contribution >= 0.6 is 0 Å². The number of nitrogens with zero attached hydrogens (tertiary/aromatic N) is 2. The van der Waals surface area contributed by atoms with Crippen LogP contribution in [-0.2, 0) is 12.1 Å². The molecule has 144 valence electrons. The summed E-state index contributed by atoms with van der Waals surface area (Å²) in [6.45, 7) is 4.13. The van der Waals surface area contributed by atoms with E-state index in [1.165, 1.54) is 5.56 Å². The summed E-state index contributed by atoms with van der Waals surface area (Å²) in [6, 6.07) is 9.89. The van der Waals surface area contributed by atoms with Crippen molar-refractivity contribution in [2.75, 3.05) is 13.2 Å². The molecule has 5 rings (SSSR count). The molecule has 2 aromatic heterocycles. The molecule has 0 spiro atoms. The Morgan fingerprint density at radius 3 is 3.00 bits per heavy atom. The zero-order valence-electron chi connectivity index (χ0n) is 16.0. The summed E-state index contributed by atoms with van der Waals surface area (Å²) in [5.41, 5.74) is 3.46. The lowest BCUT2D eigenvalue weighted by molar-refractivity contribution is 0.0804. The molecule has 0 unspecified atom stereocenters. The number of carbonyl (C=O) groups is 1. The minimum atomic E-state index is -0.428. The maximum atomic E-state index is 13.3. The molecule has 1 fully saturated rings. The van der Waals surface area contributed by atoms with Crippen molar-refractivity contribution in [3.8, 4) is 5.75 Å². The molecule has 3 aromatic rings. The van der Waals surface area contributed by atoms with E-state index in [1.54, 1.807) is 0 Å². The number of nitrogens with one attached hydrogen (secondary N) is 2. The standard InChI is InChI=1S/C22H24N4O2/c1-15-5-3-11-26-18(15)14-24-21(26)22(8-4-9-22)25-20(27)17-7-2-6-16-13-23-10-12-28-19(16)17/h2-3,5-7,11,14,23H,4,8-10,12-13H2,1H3,(H,25,27). The van der Waals surface area contributed by atoms with Crippen molar-refractivity contribution in [2.45, 2.75) is 38.3 Å². The van der Waals surface area contributed by atoms with E-state index in [1.807, 2.05) is 36.7 Å². The summed E-state index contributed by atoms with van der Waals surface area (Å²) in [6.07, 6.45) is 6.79. The number of aryl methyl sites for hydroxylation is 1. The Balaban J connectivity index is 1.51. The average Bonchev–Trinajstić information content (AvgIpc) is 2.96. The van der Waals surface area contributed by atoms with E-state index in [0.29, 0.717) is 24.5 Å². The lowest BCUT2D eigenvalue weighted by Gasteiger charge is -2.41. The molecular weight excluding hydrogens is 352 g/mol. The second-order valence-electron chi connectivity index (χ2n) is 7.74. The van der Waals surface area contributed by atoms with Crippen molar-refractivity contribution < 1.29 is 9.53 Å². The van der Waals surface area contributed by atoms with E-state index in [2.05, 4.69) is 28.0 Å². The highest BCUT2D eigenvalue weighted by atomic mass is 16.5. The van der Waals surface area contributed by atoms with Gasteiger partial charge in [0, 0.05) is 24.8 Å². The largest absolute Gasteiger partial charge is 0.491 e. The number of rotatable bonds is 3. The zero-order chi connectivity index (χ0) is 19.1. The van der Waals surface area contributed by atoms with Gasteiger partial charge in [0.15, 0.2) is 0 Å². The Morgan fingerprint density at radius 1 is 1.29 bits per heavy atom. The van der Waals surface area contributed by atoms with Crippen molar-refractivity contribution in [2.24, 2.45) is 0 Å². The second-order valence-corrected chi connectivity index (χ2v) is 7.74. The van der Waals surface area contributed by atoms with Crippen LogP contribution in [0.2, 0.25) is 0 Å². The Hall–Kier alpha value is -2.86. The second kappa shape index (κ2) is 6.63. The number of amides is 1. The van der Waals surface area contributed by atoms with Crippen LogP contribution < -0.4 is 15.4 Å². The zero-order valence-corrected chi connectivity index (χ0v) is 16.0. The number of pyridine rings is 1. The molecule has 1 aliphatic heterocycles. The summed E-state index contributed by atoms with van der Waals surface area (Å²) in [5.74, 6) is 1.52. The van der Waals surface area contributed by atoms with Crippen molar-refractivity contribution >= 4 is 11.4 Å². The monoisotopic (exact) mass is 376 g/mol. The Labute approximate surface area is 163 Å². The Kier molecular flexibility index (Phi) is 4.09. The number of carbonyl (C=O) groups excluding carboxylic acids is 1. The van der Waals surface area contributed by atoms with Crippen LogP contribution in [0.3, 0.4) is 0 Å². The summed E-state index contributed by atoms with van der Waals surface area (Å²) in [4.78, 5) is 18.0. The highest BCUT2D eigenvalue weighted by molar-refractivity contribution is 5.98. The van der Waals surface area contributed by atoms with Gasteiger partial charge in [0.2, 0.25) is 0 Å². The van der Waals surface area contributed by atoms with Gasteiger partial charge < -0.3 is 19.8 Å². The lowest BCUT2D eigenvalue weighted by Crippen LogP contribution is -2.52. The molecule has 0 bridgehead atoms. The summed E-state index contributed by atoms with van der Waals surface area (Å²) in [5, 5.41) is 6.63. The molecule has 0 atom stereocenters. The van der Waals surface area contributed by atoms with Gasteiger partial charge in [-0.3, -0.25) is 4.79 Å². The third-order valence-corrected chi connectivity index (χ3v) is 5.95. The van der Waals surface area contributed by atoms with Gasteiger partial charge in [-0.2, -0.15) is 0 Å². The number of hydrogen-bond acceptors (Lipinski definition) is 4. The van der Waals surface area contributed by atoms with E-state index < -0.39 is 5.54 Å². The van der Waals surface area contributed by atoms with Crippen LogP contribution in [0, 0.1) is 6.92 Å². The molecule has 3 heterocycles. The smallest absolute Gasteiger partial charge is 0.255 e. The molecule has 1 saturated carbocycles. The van der Waals surface area contributed by atoms with Gasteiger partial charge in [-0.25, -0.2) is 4.98 Å². The minimum absolute atomic E-state index is 0.0946. The van der Waals surface area contributed by atoms with Gasteiger partial charge >= 0.3 is 0 Å². The number of benzene rings is 1. The van der Waals surface area contributed by atoms with Gasteiger partial charge in [-0.05, 0) is 43.9 Å². The summed E-state index contributed by atoms with van der Waals surface area (Å²) >= 11 is 0. The Bertz CT molecular complexity index is 1050. The number of ether oxygens (including phenoxy) is 1. The van der Waals surface area contributed by atoms with Crippen LogP contribution in [0.1, 0.15) is 46.6 Å². The first-order valence-corrected chi connectivity index (χ1v) is 9.89. The Morgan fingerprint density at radius 2 is 2.18 bits per heavy atom. The van der Waals surface area contributed by atoms with Gasteiger partial charge in [0.1, 0.15) is 18.2 Å². The first-order chi connectivity index (χ1) is 13.7. The van der Waals surface area contributed by atoms with E-state index in [-0.39, 0.29) is 5.91 Å². The van der Waals surface area contributed by atoms with Crippen LogP contribution in [0.15, 0.2) is 42.7 Å². The molecule has 1 aliphatic carbocycles. The number of para-hydroxylation sites is 1. The molecule has 6 nitrogen and oxygen atoms in total. The third kappa shape index (κ3) is 2.67. The van der Waals surface area contributed by atoms with Gasteiger partial charge in [0.25, 0.3) is 5.91 Å². The third-order valence-electron chi connectivity index (χ3n) is 5.95. The highest BCUT2D eigenvalue weighted by Crippen LogP contribution is 2.41. The highest BCUT2D eigenvalue weighted by Gasteiger charge is 2.44. The van der Waals surface area contributed by atoms with Crippen LogP contribution in [0.25, 0.3) is 5.52 Å². The van der Waals surface area contributed by atoms with E-state index in [9.17, 15) is 4.79 Å². The number of imidazole rings is 1. The molecule has 28 heavy (non-hydrogen) atoms. The predicted molar refractivity (Wildman–Crippen MR) is 107 cm³/mol. The molecular formula is C22H24N4O2. The number of hydrogen-bond donors (Lipinski definition) is 2. The number of aromatic nitrogens is 2. The van der Waals surface area contributed by atoms with Crippen LogP contribution in [-0.4, -0.2) is 28.4 Å². The van der Waals surface area contributed by atoms with E-state index >= 15 is 0 Å². The summed E-state index contributed by atoms with van der Waals surface area (Å²) < 4.78 is 8.01. The molecule has 6 heteroatoms. The fraction of sp³-hybridized carbons (Fsp3) is 0.364. The average molecular weight is 376 g/mol. The molecule has 2 N–H and O–H groups in total. The molecule has 0 saturated heterocycles.